The molecule has 5 nitrogen and oxygen atoms in total. The maximum absolute atomic E-state index is 12.1. The van der Waals surface area contributed by atoms with Crippen molar-refractivity contribution in [1.29, 1.82) is 0 Å². The fraction of sp³-hybridized carbons (Fsp3) is 0.250. The summed E-state index contributed by atoms with van der Waals surface area (Å²) in [5.41, 5.74) is 0.438. The average molecular weight is 390 g/mol. The minimum absolute atomic E-state index is 0.234. The van der Waals surface area contributed by atoms with Crippen molar-refractivity contribution in [3.05, 3.63) is 32.7 Å². The molecule has 2 rings (SSSR count). The largest absolute Gasteiger partial charge is 0.340 e. The zero-order chi connectivity index (χ0) is 14.0. The lowest BCUT2D eigenvalue weighted by Crippen LogP contribution is -2.52. The highest BCUT2D eigenvalue weighted by Gasteiger charge is 2.28. The van der Waals surface area contributed by atoms with Gasteiger partial charge in [-0.05, 0) is 40.5 Å². The fourth-order valence-electron chi connectivity index (χ4n) is 1.74. The van der Waals surface area contributed by atoms with E-state index in [2.05, 4.69) is 42.5 Å². The standard InChI is InChI=1S/C12H10Br2N2O3/c13-6-1-2-7(8(14)5-6)11(18)15-9-3-4-10(17)16-12(9)19/h1-2,5,9H,3-4H2,(H,15,18)(H,16,17,19). The molecule has 100 valence electrons. The molecule has 0 aromatic heterocycles. The van der Waals surface area contributed by atoms with Gasteiger partial charge in [-0.25, -0.2) is 0 Å². The molecule has 2 N–H and O–H groups in total. The third kappa shape index (κ3) is 3.42. The van der Waals surface area contributed by atoms with Crippen LogP contribution in [0.5, 0.6) is 0 Å². The summed E-state index contributed by atoms with van der Waals surface area (Å²) < 4.78 is 1.48. The first-order valence-electron chi connectivity index (χ1n) is 5.57. The molecule has 1 fully saturated rings. The van der Waals surface area contributed by atoms with Gasteiger partial charge in [0.15, 0.2) is 0 Å². The second-order valence-electron chi connectivity index (χ2n) is 4.10. The molecular weight excluding hydrogens is 380 g/mol. The molecule has 0 saturated carbocycles. The number of nitrogens with one attached hydrogen (secondary N) is 2. The smallest absolute Gasteiger partial charge is 0.253 e. The van der Waals surface area contributed by atoms with Crippen molar-refractivity contribution < 1.29 is 14.4 Å². The quantitative estimate of drug-likeness (QED) is 0.756. The van der Waals surface area contributed by atoms with Crippen molar-refractivity contribution >= 4 is 49.6 Å². The third-order valence-corrected chi connectivity index (χ3v) is 3.87. The van der Waals surface area contributed by atoms with Gasteiger partial charge >= 0.3 is 0 Å². The second-order valence-corrected chi connectivity index (χ2v) is 5.87. The van der Waals surface area contributed by atoms with Crippen LogP contribution in [0.3, 0.4) is 0 Å². The van der Waals surface area contributed by atoms with E-state index in [1.54, 1.807) is 18.2 Å². The Morgan fingerprint density at radius 3 is 2.68 bits per heavy atom. The van der Waals surface area contributed by atoms with Crippen molar-refractivity contribution in [1.82, 2.24) is 10.6 Å². The number of imide groups is 1. The lowest BCUT2D eigenvalue weighted by atomic mass is 10.1. The lowest BCUT2D eigenvalue weighted by molar-refractivity contribution is -0.134. The van der Waals surface area contributed by atoms with E-state index in [1.165, 1.54) is 0 Å². The number of piperidine rings is 1. The third-order valence-electron chi connectivity index (χ3n) is 2.72. The van der Waals surface area contributed by atoms with Crippen LogP contribution < -0.4 is 10.6 Å². The van der Waals surface area contributed by atoms with E-state index in [0.717, 1.165) is 4.47 Å². The number of carbonyl (C=O) groups excluding carboxylic acids is 3. The predicted molar refractivity (Wildman–Crippen MR) is 75.5 cm³/mol. The van der Waals surface area contributed by atoms with Crippen LogP contribution in [0, 0.1) is 0 Å². The first-order chi connectivity index (χ1) is 8.97. The van der Waals surface area contributed by atoms with Crippen LogP contribution in [0.15, 0.2) is 27.1 Å². The van der Waals surface area contributed by atoms with Gasteiger partial charge in [-0.2, -0.15) is 0 Å². The summed E-state index contributed by atoms with van der Waals surface area (Å²) in [5, 5.41) is 4.82. The van der Waals surface area contributed by atoms with E-state index in [-0.39, 0.29) is 18.2 Å². The highest BCUT2D eigenvalue weighted by Crippen LogP contribution is 2.22. The zero-order valence-corrected chi connectivity index (χ0v) is 12.9. The Bertz CT molecular complexity index is 560. The average Bonchev–Trinajstić information content (AvgIpc) is 2.32. The molecular formula is C12H10Br2N2O3. The summed E-state index contributed by atoms with van der Waals surface area (Å²) in [6.07, 6.45) is 0.558. The Labute approximate surface area is 126 Å². The number of hydrogen-bond donors (Lipinski definition) is 2. The molecule has 1 aromatic carbocycles. The Balaban J connectivity index is 2.09. The molecule has 1 unspecified atom stereocenters. The van der Waals surface area contributed by atoms with Gasteiger partial charge in [-0.1, -0.05) is 15.9 Å². The van der Waals surface area contributed by atoms with Gasteiger partial charge in [0.25, 0.3) is 5.91 Å². The Morgan fingerprint density at radius 2 is 2.05 bits per heavy atom. The van der Waals surface area contributed by atoms with Crippen LogP contribution in [0.1, 0.15) is 23.2 Å². The van der Waals surface area contributed by atoms with E-state index >= 15 is 0 Å². The number of amides is 3. The molecule has 1 aliphatic heterocycles. The highest BCUT2D eigenvalue weighted by molar-refractivity contribution is 9.11. The summed E-state index contributed by atoms with van der Waals surface area (Å²) in [6.45, 7) is 0. The molecule has 0 radical (unpaired) electrons. The minimum atomic E-state index is -0.666. The molecule has 0 spiro atoms. The minimum Gasteiger partial charge on any atom is -0.340 e. The van der Waals surface area contributed by atoms with Crippen molar-refractivity contribution in [2.75, 3.05) is 0 Å². The van der Waals surface area contributed by atoms with E-state index < -0.39 is 11.9 Å². The van der Waals surface area contributed by atoms with Gasteiger partial charge in [0.1, 0.15) is 6.04 Å². The van der Waals surface area contributed by atoms with Crippen molar-refractivity contribution in [3.63, 3.8) is 0 Å². The van der Waals surface area contributed by atoms with Gasteiger partial charge in [-0.15, -0.1) is 0 Å². The van der Waals surface area contributed by atoms with E-state index in [9.17, 15) is 14.4 Å². The van der Waals surface area contributed by atoms with E-state index in [0.29, 0.717) is 16.5 Å². The number of rotatable bonds is 2. The van der Waals surface area contributed by atoms with Crippen LogP contribution >= 0.6 is 31.9 Å². The lowest BCUT2D eigenvalue weighted by Gasteiger charge is -2.22. The molecule has 1 aromatic rings. The summed E-state index contributed by atoms with van der Waals surface area (Å²) in [4.78, 5) is 34.6. The number of benzene rings is 1. The van der Waals surface area contributed by atoms with E-state index in [4.69, 9.17) is 0 Å². The molecule has 0 aliphatic carbocycles. The zero-order valence-electron chi connectivity index (χ0n) is 9.70. The molecule has 1 heterocycles. The van der Waals surface area contributed by atoms with Gasteiger partial charge in [0, 0.05) is 15.4 Å². The number of halogens is 2. The topological polar surface area (TPSA) is 75.3 Å². The van der Waals surface area contributed by atoms with Crippen LogP contribution in [0.25, 0.3) is 0 Å². The number of carbonyl (C=O) groups is 3. The Kier molecular flexibility index (Phi) is 4.36. The maximum Gasteiger partial charge on any atom is 0.253 e. The summed E-state index contributed by atoms with van der Waals surface area (Å²) in [7, 11) is 0. The maximum atomic E-state index is 12.1. The molecule has 1 atom stereocenters. The van der Waals surface area contributed by atoms with Crippen LogP contribution in [0.4, 0.5) is 0 Å². The number of hydrogen-bond acceptors (Lipinski definition) is 3. The second kappa shape index (κ2) is 5.83. The highest BCUT2D eigenvalue weighted by atomic mass is 79.9. The summed E-state index contributed by atoms with van der Waals surface area (Å²) in [6, 6.07) is 4.47. The van der Waals surface area contributed by atoms with Crippen LogP contribution in [-0.4, -0.2) is 23.8 Å². The fourth-order valence-corrected chi connectivity index (χ4v) is 2.97. The molecule has 3 amide bonds. The van der Waals surface area contributed by atoms with Crippen molar-refractivity contribution in [2.45, 2.75) is 18.9 Å². The first-order valence-corrected chi connectivity index (χ1v) is 7.15. The SMILES string of the molecule is O=C1CCC(NC(=O)c2ccc(Br)cc2Br)C(=O)N1. The van der Waals surface area contributed by atoms with Gasteiger partial charge in [0.05, 0.1) is 5.56 Å². The van der Waals surface area contributed by atoms with Gasteiger partial charge < -0.3 is 5.32 Å². The molecule has 19 heavy (non-hydrogen) atoms. The van der Waals surface area contributed by atoms with Gasteiger partial charge in [0.2, 0.25) is 11.8 Å². The van der Waals surface area contributed by atoms with Crippen molar-refractivity contribution in [2.24, 2.45) is 0 Å². The molecule has 7 heteroatoms. The van der Waals surface area contributed by atoms with Gasteiger partial charge in [-0.3, -0.25) is 19.7 Å². The Hall–Kier alpha value is -1.21. The molecule has 0 bridgehead atoms. The summed E-state index contributed by atoms with van der Waals surface area (Å²) >= 11 is 6.59. The first kappa shape index (κ1) is 14.2. The van der Waals surface area contributed by atoms with E-state index in [1.807, 2.05) is 0 Å². The molecule has 1 saturated heterocycles. The Morgan fingerprint density at radius 1 is 1.32 bits per heavy atom. The predicted octanol–water partition coefficient (Wildman–Crippen LogP) is 1.75. The monoisotopic (exact) mass is 388 g/mol. The van der Waals surface area contributed by atoms with Crippen LogP contribution in [0.2, 0.25) is 0 Å². The van der Waals surface area contributed by atoms with Crippen LogP contribution in [-0.2, 0) is 9.59 Å². The normalized spacial score (nSPS) is 18.9. The van der Waals surface area contributed by atoms with Crippen molar-refractivity contribution in [3.8, 4) is 0 Å². The summed E-state index contributed by atoms with van der Waals surface area (Å²) in [5.74, 6) is -1.12. The molecule has 1 aliphatic rings.